The maximum Gasteiger partial charge on any atom is 0.330 e. The Labute approximate surface area is 280 Å². The summed E-state index contributed by atoms with van der Waals surface area (Å²) in [6, 6.07) is 12.0. The van der Waals surface area contributed by atoms with Crippen LogP contribution in [0.1, 0.15) is 40.9 Å². The summed E-state index contributed by atoms with van der Waals surface area (Å²) in [5.74, 6) is -0.931. The minimum absolute atomic E-state index is 0.125. The maximum absolute atomic E-state index is 16.0. The van der Waals surface area contributed by atoms with Gasteiger partial charge >= 0.3 is 5.69 Å². The minimum atomic E-state index is -0.853. The number of carbonyl (C=O) groups excluding carboxylic acids is 2. The molecular formula is C35H34ClFN6O5. The minimum Gasteiger partial charge on any atom is -0.481 e. The number of hydrogen-bond acceptors (Lipinski definition) is 7. The lowest BCUT2D eigenvalue weighted by atomic mass is 9.72. The molecule has 4 heterocycles. The average molecular weight is 673 g/mol. The zero-order chi connectivity index (χ0) is 34.1. The molecule has 2 aromatic carbocycles. The van der Waals surface area contributed by atoms with Crippen LogP contribution < -0.4 is 21.3 Å². The van der Waals surface area contributed by atoms with Crippen molar-refractivity contribution in [3.8, 4) is 28.3 Å². The number of nitrogens with one attached hydrogen (secondary N) is 1. The van der Waals surface area contributed by atoms with Crippen LogP contribution in [0.3, 0.4) is 0 Å². The fraction of sp³-hybridized carbons (Fsp3) is 0.343. The number of nitrogens with zero attached hydrogens (tertiary/aromatic N) is 5. The van der Waals surface area contributed by atoms with Crippen LogP contribution in [0.4, 0.5) is 10.1 Å². The monoisotopic (exact) mass is 672 g/mol. The normalized spacial score (nSPS) is 17.9. The molecule has 0 saturated carbocycles. The van der Waals surface area contributed by atoms with Crippen LogP contribution in [0.2, 0.25) is 5.02 Å². The number of benzene rings is 2. The SMILES string of the molecule is COc1nc(-c2cccc(-c3cccc(NC(=O)c4cn(C)c(=O)n(C)c4=O)c3F)c2Cl)cc2c1C(N1CC3(CN(C(C)=O)C3)C1)CC2. The van der Waals surface area contributed by atoms with Crippen LogP contribution in [-0.4, -0.2) is 69.0 Å². The summed E-state index contributed by atoms with van der Waals surface area (Å²) in [7, 11) is 4.29. The summed E-state index contributed by atoms with van der Waals surface area (Å²) in [5.41, 5.74) is 2.30. The van der Waals surface area contributed by atoms with Gasteiger partial charge in [0, 0.05) is 87.1 Å². The van der Waals surface area contributed by atoms with Crippen molar-refractivity contribution >= 4 is 29.1 Å². The Balaban J connectivity index is 1.16. The largest absolute Gasteiger partial charge is 0.481 e. The number of rotatable bonds is 6. The summed E-state index contributed by atoms with van der Waals surface area (Å²) in [6.07, 6.45) is 2.91. The predicted molar refractivity (Wildman–Crippen MR) is 179 cm³/mol. The number of ether oxygens (including phenoxy) is 1. The molecule has 1 N–H and O–H groups in total. The fourth-order valence-corrected chi connectivity index (χ4v) is 7.72. The summed E-state index contributed by atoms with van der Waals surface area (Å²) >= 11 is 6.97. The molecule has 4 aromatic rings. The first kappa shape index (κ1) is 31.8. The van der Waals surface area contributed by atoms with Gasteiger partial charge in [-0.2, -0.15) is 0 Å². The van der Waals surface area contributed by atoms with Gasteiger partial charge in [0.1, 0.15) is 5.56 Å². The predicted octanol–water partition coefficient (Wildman–Crippen LogP) is 4.02. The third kappa shape index (κ3) is 5.10. The third-order valence-corrected chi connectivity index (χ3v) is 10.2. The summed E-state index contributed by atoms with van der Waals surface area (Å²) in [6.45, 7) is 5.11. The molecule has 248 valence electrons. The van der Waals surface area contributed by atoms with Gasteiger partial charge in [-0.15, -0.1) is 0 Å². The highest BCUT2D eigenvalue weighted by molar-refractivity contribution is 6.36. The lowest BCUT2D eigenvalue weighted by molar-refractivity contribution is -0.161. The van der Waals surface area contributed by atoms with Gasteiger partial charge in [0.15, 0.2) is 5.82 Å². The first-order valence-corrected chi connectivity index (χ1v) is 16.0. The molecule has 13 heteroatoms. The number of hydrogen-bond donors (Lipinski definition) is 1. The zero-order valence-corrected chi connectivity index (χ0v) is 27.7. The van der Waals surface area contributed by atoms with Crippen LogP contribution in [0.15, 0.2) is 58.3 Å². The van der Waals surface area contributed by atoms with Gasteiger partial charge in [-0.3, -0.25) is 23.9 Å². The van der Waals surface area contributed by atoms with E-state index >= 15 is 4.39 Å². The number of methoxy groups -OCH3 is 1. The summed E-state index contributed by atoms with van der Waals surface area (Å²) in [4.78, 5) is 58.5. The van der Waals surface area contributed by atoms with Crippen molar-refractivity contribution < 1.29 is 18.7 Å². The van der Waals surface area contributed by atoms with Crippen molar-refractivity contribution in [1.29, 1.82) is 0 Å². The maximum atomic E-state index is 16.0. The lowest BCUT2D eigenvalue weighted by Gasteiger charge is -2.61. The topological polar surface area (TPSA) is 119 Å². The molecule has 1 atom stereocenters. The van der Waals surface area contributed by atoms with Crippen LogP contribution in [0.25, 0.3) is 22.4 Å². The fourth-order valence-electron chi connectivity index (χ4n) is 7.39. The van der Waals surface area contributed by atoms with Crippen molar-refractivity contribution in [2.24, 2.45) is 19.5 Å². The van der Waals surface area contributed by atoms with E-state index < -0.39 is 23.0 Å². The Hall–Kier alpha value is -4.81. The molecule has 1 spiro atoms. The van der Waals surface area contributed by atoms with E-state index in [2.05, 4.69) is 10.2 Å². The number of aryl methyl sites for hydroxylation is 2. The smallest absolute Gasteiger partial charge is 0.330 e. The van der Waals surface area contributed by atoms with E-state index in [-0.39, 0.29) is 39.2 Å². The highest BCUT2D eigenvalue weighted by Gasteiger charge is 2.55. The molecule has 48 heavy (non-hydrogen) atoms. The molecule has 2 fully saturated rings. The number of halogens is 2. The van der Waals surface area contributed by atoms with Gasteiger partial charge < -0.3 is 19.5 Å². The lowest BCUT2D eigenvalue weighted by Crippen LogP contribution is -2.72. The molecular weight excluding hydrogens is 639 g/mol. The molecule has 1 aliphatic carbocycles. The molecule has 2 saturated heterocycles. The summed E-state index contributed by atoms with van der Waals surface area (Å²) < 4.78 is 23.7. The number of fused-ring (bicyclic) bond motifs is 1. The highest BCUT2D eigenvalue weighted by Crippen LogP contribution is 2.50. The molecule has 0 radical (unpaired) electrons. The molecule has 1 unspecified atom stereocenters. The Morgan fingerprint density at radius 1 is 1.04 bits per heavy atom. The molecule has 0 bridgehead atoms. The average Bonchev–Trinajstić information content (AvgIpc) is 3.45. The van der Waals surface area contributed by atoms with E-state index in [0.717, 1.165) is 65.5 Å². The van der Waals surface area contributed by atoms with Gasteiger partial charge in [0.25, 0.3) is 11.5 Å². The highest BCUT2D eigenvalue weighted by atomic mass is 35.5. The molecule has 3 aliphatic rings. The number of likely N-dealkylation sites (tertiary alicyclic amines) is 2. The molecule has 7 rings (SSSR count). The Kier molecular flexibility index (Phi) is 7.75. The zero-order valence-electron chi connectivity index (χ0n) is 27.0. The number of amides is 2. The molecule has 11 nitrogen and oxygen atoms in total. The van der Waals surface area contributed by atoms with Crippen molar-refractivity contribution in [2.75, 3.05) is 38.6 Å². The van der Waals surface area contributed by atoms with Crippen LogP contribution in [0.5, 0.6) is 5.88 Å². The van der Waals surface area contributed by atoms with Gasteiger partial charge in [-0.1, -0.05) is 41.9 Å². The quantitative estimate of drug-likeness (QED) is 0.329. The number of pyridine rings is 1. The standard InChI is InChI=1S/C35H34ClFN6O5/c1-19(44)42-15-35(16-42)17-43(18-35)27-12-11-20-13-26(39-32(48-4)28(20)27)23-9-5-7-21(29(23)36)22-8-6-10-25(30(22)37)38-31(45)24-14-40(2)34(47)41(3)33(24)46/h5-10,13-14,27H,11-12,15-18H2,1-4H3,(H,38,45). The molecule has 2 aromatic heterocycles. The first-order valence-electron chi connectivity index (χ1n) is 15.6. The van der Waals surface area contributed by atoms with Crippen LogP contribution in [-0.2, 0) is 25.3 Å². The van der Waals surface area contributed by atoms with E-state index in [1.807, 2.05) is 17.0 Å². The van der Waals surface area contributed by atoms with E-state index in [1.165, 1.54) is 20.2 Å². The molecule has 2 aliphatic heterocycles. The molecule has 2 amide bonds. The van der Waals surface area contributed by atoms with Crippen molar-refractivity contribution in [2.45, 2.75) is 25.8 Å². The number of carbonyl (C=O) groups is 2. The first-order chi connectivity index (χ1) is 22.9. The summed E-state index contributed by atoms with van der Waals surface area (Å²) in [5, 5.41) is 2.75. The van der Waals surface area contributed by atoms with Gasteiger partial charge in [-0.05, 0) is 30.5 Å². The third-order valence-electron chi connectivity index (χ3n) is 9.84. The van der Waals surface area contributed by atoms with E-state index in [9.17, 15) is 19.2 Å². The second-order valence-electron chi connectivity index (χ2n) is 13.0. The van der Waals surface area contributed by atoms with E-state index in [0.29, 0.717) is 22.7 Å². The van der Waals surface area contributed by atoms with Crippen molar-refractivity contribution in [1.82, 2.24) is 23.9 Å². The van der Waals surface area contributed by atoms with Crippen molar-refractivity contribution in [3.63, 3.8) is 0 Å². The van der Waals surface area contributed by atoms with E-state index in [1.54, 1.807) is 38.3 Å². The Morgan fingerprint density at radius 3 is 2.44 bits per heavy atom. The Bertz CT molecular complexity index is 2130. The van der Waals surface area contributed by atoms with Crippen LogP contribution >= 0.6 is 11.6 Å². The van der Waals surface area contributed by atoms with Gasteiger partial charge in [-0.25, -0.2) is 14.2 Å². The number of anilines is 1. The number of aromatic nitrogens is 3. The van der Waals surface area contributed by atoms with Crippen molar-refractivity contribution in [3.05, 3.63) is 97.0 Å². The van der Waals surface area contributed by atoms with Gasteiger partial charge in [0.2, 0.25) is 11.8 Å². The second kappa shape index (κ2) is 11.7. The second-order valence-corrected chi connectivity index (χ2v) is 13.4. The Morgan fingerprint density at radius 2 is 1.73 bits per heavy atom. The van der Waals surface area contributed by atoms with E-state index in [4.69, 9.17) is 21.3 Å². The van der Waals surface area contributed by atoms with Gasteiger partial charge in [0.05, 0.1) is 23.5 Å². The van der Waals surface area contributed by atoms with Crippen LogP contribution in [0, 0.1) is 11.2 Å².